The van der Waals surface area contributed by atoms with Crippen LogP contribution in [0.25, 0.3) is 0 Å². The van der Waals surface area contributed by atoms with Gasteiger partial charge in [-0.15, -0.1) is 13.9 Å². The molecule has 2 heterocycles. The van der Waals surface area contributed by atoms with E-state index < -0.39 is 10.0 Å². The number of anilines is 2. The van der Waals surface area contributed by atoms with Crippen molar-refractivity contribution in [1.82, 2.24) is 9.97 Å². The molecular weight excluding hydrogens is 587 g/mol. The van der Waals surface area contributed by atoms with E-state index in [1.54, 1.807) is 13.0 Å². The Morgan fingerprint density at radius 3 is 2.36 bits per heavy atom. The maximum atomic E-state index is 12.4. The van der Waals surface area contributed by atoms with Crippen molar-refractivity contribution in [2.24, 2.45) is 14.7 Å². The molecule has 15 heteroatoms. The average molecular weight is 604 g/mol. The Labute approximate surface area is 230 Å². The van der Waals surface area contributed by atoms with Gasteiger partial charge in [-0.3, -0.25) is 5.41 Å². The molecule has 0 saturated heterocycles. The zero-order chi connectivity index (χ0) is 26.1. The summed E-state index contributed by atoms with van der Waals surface area (Å²) < 4.78 is 31.6. The molecule has 189 valence electrons. The van der Waals surface area contributed by atoms with Gasteiger partial charge in [0.1, 0.15) is 0 Å². The van der Waals surface area contributed by atoms with Gasteiger partial charge in [0.15, 0.2) is 5.84 Å². The summed E-state index contributed by atoms with van der Waals surface area (Å²) in [5, 5.41) is 18.5. The number of sulfonamides is 1. The van der Waals surface area contributed by atoms with Gasteiger partial charge < -0.3 is 12.6 Å². The molecule has 0 saturated carbocycles. The fourth-order valence-electron chi connectivity index (χ4n) is 2.90. The van der Waals surface area contributed by atoms with Gasteiger partial charge in [-0.2, -0.15) is 5.10 Å². The molecule has 2 N–H and O–H groups in total. The molecule has 0 atom stereocenters. The molecule has 0 aliphatic carbocycles. The molecule has 0 radical (unpaired) electrons. The predicted molar refractivity (Wildman–Crippen MR) is 141 cm³/mol. The first-order valence-electron chi connectivity index (χ1n) is 9.86. The summed E-state index contributed by atoms with van der Waals surface area (Å²) in [7, 11) is 0.430. The molecule has 0 fully saturated rings. The van der Waals surface area contributed by atoms with Gasteiger partial charge in [0.05, 0.1) is 22.0 Å². The number of hydrogen-bond donors (Lipinski definition) is 2. The van der Waals surface area contributed by atoms with E-state index >= 15 is 0 Å². The second kappa shape index (κ2) is 12.9. The van der Waals surface area contributed by atoms with Crippen LogP contribution in [0, 0.1) is 5.41 Å². The SMILES string of the molecule is CC1=NN(c2ccccc2)C(=N)/C1=C(/[S-])SN=Nc1ccc(S(=O)(=O)Nc2ncccn2)cc1.[Cl][Ni]. The Balaban J connectivity index is 0.00000176. The number of hydrogen-bond acceptors (Lipinski definition) is 10. The van der Waals surface area contributed by atoms with Crippen molar-refractivity contribution in [3.63, 3.8) is 0 Å². The van der Waals surface area contributed by atoms with Crippen LogP contribution < -0.4 is 9.73 Å². The first-order chi connectivity index (χ1) is 17.3. The van der Waals surface area contributed by atoms with Crippen LogP contribution >= 0.6 is 22.1 Å². The molecule has 1 aromatic heterocycles. The third-order valence-corrected chi connectivity index (χ3v) is 6.79. The van der Waals surface area contributed by atoms with Gasteiger partial charge >= 0.3 is 24.8 Å². The summed E-state index contributed by atoms with van der Waals surface area (Å²) in [5.74, 6) is 0.150. The van der Waals surface area contributed by atoms with E-state index in [-0.39, 0.29) is 16.7 Å². The van der Waals surface area contributed by atoms with E-state index in [0.29, 0.717) is 21.2 Å². The van der Waals surface area contributed by atoms with E-state index in [4.69, 9.17) is 18.0 Å². The number of benzene rings is 2. The number of rotatable bonds is 7. The molecule has 2 aromatic carbocycles. The first kappa shape index (κ1) is 27.7. The van der Waals surface area contributed by atoms with E-state index in [9.17, 15) is 8.42 Å². The summed E-state index contributed by atoms with van der Waals surface area (Å²) in [6.07, 6.45) is 2.88. The summed E-state index contributed by atoms with van der Waals surface area (Å²) in [6, 6.07) is 16.8. The number of para-hydroxylation sites is 1. The van der Waals surface area contributed by atoms with Gasteiger partial charge in [-0.1, -0.05) is 18.2 Å². The first-order valence-corrected chi connectivity index (χ1v) is 13.9. The van der Waals surface area contributed by atoms with Gasteiger partial charge in [-0.25, -0.2) is 28.1 Å². The molecule has 0 amide bonds. The number of nitrogens with zero attached hydrogens (tertiary/aromatic N) is 6. The molecule has 10 nitrogen and oxygen atoms in total. The molecular formula is C21H17ClN8NiO2S3-. The van der Waals surface area contributed by atoms with Gasteiger partial charge in [0.2, 0.25) is 5.95 Å². The Morgan fingerprint density at radius 2 is 1.72 bits per heavy atom. The predicted octanol–water partition coefficient (Wildman–Crippen LogP) is 5.33. The zero-order valence-electron chi connectivity index (χ0n) is 18.3. The number of aromatic nitrogens is 2. The van der Waals surface area contributed by atoms with Crippen LogP contribution in [0.1, 0.15) is 6.92 Å². The van der Waals surface area contributed by atoms with Gasteiger partial charge in [-0.05, 0) is 49.4 Å². The topological polar surface area (TPSA) is 136 Å². The third-order valence-electron chi connectivity index (χ3n) is 4.48. The Bertz CT molecular complexity index is 1400. The number of nitrogens with one attached hydrogen (secondary N) is 2. The molecule has 3 aromatic rings. The Morgan fingerprint density at radius 1 is 1.08 bits per heavy atom. The average Bonchev–Trinajstić information content (AvgIpc) is 3.20. The fourth-order valence-corrected chi connectivity index (χ4v) is 4.75. The minimum atomic E-state index is -3.83. The maximum absolute atomic E-state index is 12.4. The number of halogens is 1. The Kier molecular flexibility index (Phi) is 9.91. The molecule has 1 aliphatic heterocycles. The number of amidine groups is 1. The standard InChI is InChI=1S/C21H18N8O2S3.ClH.Ni/c1-14-18(19(22)29(26-14)16-6-3-2-4-7-16)20(32)33-28-25-15-8-10-17(11-9-15)34(30,31)27-21-23-12-5-13-24-21;;/h2-13,22,32H,1H3,(H,23,24,27);1H;/q;;+1/p-2/b20-18-,22-19?,28-25?;;. The van der Waals surface area contributed by atoms with Crippen LogP contribution in [-0.2, 0) is 37.2 Å². The van der Waals surface area contributed by atoms with Crippen LogP contribution in [0.4, 0.5) is 17.3 Å². The van der Waals surface area contributed by atoms with Crippen molar-refractivity contribution in [1.29, 1.82) is 5.41 Å². The molecule has 1 aliphatic rings. The van der Waals surface area contributed by atoms with Gasteiger partial charge in [0.25, 0.3) is 10.0 Å². The second-order valence-electron chi connectivity index (χ2n) is 6.79. The molecule has 0 spiro atoms. The minimum absolute atomic E-state index is 0.0178. The molecule has 36 heavy (non-hydrogen) atoms. The second-order valence-corrected chi connectivity index (χ2v) is 9.89. The monoisotopic (exact) mass is 602 g/mol. The van der Waals surface area contributed by atoms with E-state index in [0.717, 1.165) is 17.6 Å². The quantitative estimate of drug-likeness (QED) is 0.161. The zero-order valence-corrected chi connectivity index (χ0v) is 22.5. The summed E-state index contributed by atoms with van der Waals surface area (Å²) in [5.41, 5.74) is 2.33. The summed E-state index contributed by atoms with van der Waals surface area (Å²) in [4.78, 5) is 7.73. The van der Waals surface area contributed by atoms with E-state index in [1.165, 1.54) is 41.7 Å². The molecule has 0 bridgehead atoms. The normalized spacial score (nSPS) is 14.8. The van der Waals surface area contributed by atoms with E-state index in [1.807, 2.05) is 30.3 Å². The summed E-state index contributed by atoms with van der Waals surface area (Å²) in [6.45, 7) is 1.78. The van der Waals surface area contributed by atoms with Crippen molar-refractivity contribution in [3.8, 4) is 0 Å². The van der Waals surface area contributed by atoms with Crippen LogP contribution in [0.2, 0.25) is 0 Å². The number of hydrazone groups is 1. The third kappa shape index (κ3) is 6.86. The van der Waals surface area contributed by atoms with Crippen LogP contribution in [-0.4, -0.2) is 29.9 Å². The van der Waals surface area contributed by atoms with Crippen molar-refractivity contribution >= 4 is 73.7 Å². The van der Waals surface area contributed by atoms with Gasteiger partial charge in [0, 0.05) is 29.9 Å². The van der Waals surface area contributed by atoms with Crippen LogP contribution in [0.15, 0.2) is 102 Å². The van der Waals surface area contributed by atoms with Crippen molar-refractivity contribution in [2.75, 3.05) is 9.73 Å². The Hall–Kier alpha value is -2.90. The fraction of sp³-hybridized carbons (Fsp3) is 0.0476. The van der Waals surface area contributed by atoms with Crippen molar-refractivity contribution < 1.29 is 23.0 Å². The molecule has 0 unspecified atom stereocenters. The van der Waals surface area contributed by atoms with Crippen molar-refractivity contribution in [2.45, 2.75) is 11.8 Å². The summed E-state index contributed by atoms with van der Waals surface area (Å²) >= 11 is 9.73. The molecule has 4 rings (SSSR count). The van der Waals surface area contributed by atoms with Crippen LogP contribution in [0.5, 0.6) is 0 Å². The van der Waals surface area contributed by atoms with Crippen LogP contribution in [0.3, 0.4) is 0 Å². The van der Waals surface area contributed by atoms with E-state index in [2.05, 4.69) is 54.2 Å². The van der Waals surface area contributed by atoms with Crippen molar-refractivity contribution in [3.05, 3.63) is 82.9 Å².